The fourth-order valence-corrected chi connectivity index (χ4v) is 1.26. The number of rotatable bonds is 4. The summed E-state index contributed by atoms with van der Waals surface area (Å²) in [7, 11) is 0. The van der Waals surface area contributed by atoms with Crippen molar-refractivity contribution < 1.29 is 19.4 Å². The zero-order chi connectivity index (χ0) is 12.8. The molecule has 0 spiro atoms. The molecule has 0 aliphatic heterocycles. The minimum absolute atomic E-state index is 0.0325. The molecule has 5 nitrogen and oxygen atoms in total. The van der Waals surface area contributed by atoms with Crippen LogP contribution >= 0.6 is 11.6 Å². The smallest absolute Gasteiger partial charge is 0.349 e. The number of aliphatic imine (C=N–C) groups is 1. The molecular formula is C11H10ClNO4. The number of benzene rings is 1. The van der Waals surface area contributed by atoms with Gasteiger partial charge in [0.25, 0.3) is 0 Å². The van der Waals surface area contributed by atoms with Crippen LogP contribution in [0.4, 0.5) is 5.69 Å². The van der Waals surface area contributed by atoms with Crippen LogP contribution in [0.3, 0.4) is 0 Å². The predicted octanol–water partition coefficient (Wildman–Crippen LogP) is 2.30. The van der Waals surface area contributed by atoms with Gasteiger partial charge in [-0.1, -0.05) is 11.6 Å². The first-order valence-corrected chi connectivity index (χ1v) is 5.16. The lowest BCUT2D eigenvalue weighted by Gasteiger charge is -2.01. The fourth-order valence-electron chi connectivity index (χ4n) is 1.09. The first kappa shape index (κ1) is 13.2. The van der Waals surface area contributed by atoms with Gasteiger partial charge < -0.3 is 9.84 Å². The standard InChI is InChI=1S/C11H10ClNO4/c1-2-17-10(14)6-13-9-5-7(12)3-4-8(9)11(15)16/h3-6H,2H2,1H3,(H,15,16)/b13-6+. The van der Waals surface area contributed by atoms with Crippen LogP contribution in [0.15, 0.2) is 23.2 Å². The SMILES string of the molecule is CCOC(=O)/C=N/c1cc(Cl)ccc1C(=O)O. The lowest BCUT2D eigenvalue weighted by atomic mass is 10.2. The van der Waals surface area contributed by atoms with Crippen molar-refractivity contribution in [2.45, 2.75) is 6.92 Å². The number of hydrogen-bond acceptors (Lipinski definition) is 4. The van der Waals surface area contributed by atoms with E-state index in [0.717, 1.165) is 6.21 Å². The van der Waals surface area contributed by atoms with Gasteiger partial charge in [0.2, 0.25) is 0 Å². The molecule has 0 aromatic heterocycles. The molecule has 0 fully saturated rings. The molecule has 0 saturated carbocycles. The quantitative estimate of drug-likeness (QED) is 0.662. The third-order valence-corrected chi connectivity index (χ3v) is 2.02. The average molecular weight is 256 g/mol. The van der Waals surface area contributed by atoms with Gasteiger partial charge in [0.1, 0.15) is 6.21 Å². The number of carbonyl (C=O) groups is 2. The van der Waals surface area contributed by atoms with Crippen LogP contribution in [0.5, 0.6) is 0 Å². The molecule has 0 radical (unpaired) electrons. The number of carboxylic acid groups (broad SMARTS) is 1. The van der Waals surface area contributed by atoms with Gasteiger partial charge >= 0.3 is 11.9 Å². The van der Waals surface area contributed by atoms with Crippen molar-refractivity contribution in [1.82, 2.24) is 0 Å². The molecule has 1 aromatic rings. The largest absolute Gasteiger partial charge is 0.478 e. The fraction of sp³-hybridized carbons (Fsp3) is 0.182. The van der Waals surface area contributed by atoms with Gasteiger partial charge in [-0.05, 0) is 25.1 Å². The Bertz CT molecular complexity index is 471. The minimum Gasteiger partial charge on any atom is -0.478 e. The molecule has 0 aliphatic rings. The predicted molar refractivity (Wildman–Crippen MR) is 63.2 cm³/mol. The van der Waals surface area contributed by atoms with Crippen LogP contribution in [0, 0.1) is 0 Å². The maximum absolute atomic E-state index is 11.0. The second-order valence-corrected chi connectivity index (χ2v) is 3.41. The molecule has 1 N–H and O–H groups in total. The number of aromatic carboxylic acids is 1. The van der Waals surface area contributed by atoms with Crippen molar-refractivity contribution in [3.8, 4) is 0 Å². The Morgan fingerprint density at radius 2 is 2.24 bits per heavy atom. The minimum atomic E-state index is -1.14. The topological polar surface area (TPSA) is 76.0 Å². The molecule has 0 heterocycles. The molecule has 90 valence electrons. The van der Waals surface area contributed by atoms with Crippen molar-refractivity contribution in [1.29, 1.82) is 0 Å². The van der Waals surface area contributed by atoms with E-state index in [4.69, 9.17) is 16.7 Å². The van der Waals surface area contributed by atoms with E-state index in [1.54, 1.807) is 6.92 Å². The molecule has 1 aromatic carbocycles. The zero-order valence-corrected chi connectivity index (χ0v) is 9.77. The van der Waals surface area contributed by atoms with Crippen molar-refractivity contribution in [2.24, 2.45) is 4.99 Å². The highest BCUT2D eigenvalue weighted by Gasteiger charge is 2.09. The molecule has 0 atom stereocenters. The molecular weight excluding hydrogens is 246 g/mol. The van der Waals surface area contributed by atoms with E-state index in [2.05, 4.69) is 9.73 Å². The van der Waals surface area contributed by atoms with Gasteiger partial charge in [-0.25, -0.2) is 14.6 Å². The highest BCUT2D eigenvalue weighted by Crippen LogP contribution is 2.23. The van der Waals surface area contributed by atoms with Gasteiger partial charge in [0.15, 0.2) is 0 Å². The number of halogens is 1. The zero-order valence-electron chi connectivity index (χ0n) is 9.01. The van der Waals surface area contributed by atoms with E-state index < -0.39 is 11.9 Å². The Labute approximate surface area is 103 Å². The first-order chi connectivity index (χ1) is 8.04. The monoisotopic (exact) mass is 255 g/mol. The highest BCUT2D eigenvalue weighted by molar-refractivity contribution is 6.31. The summed E-state index contributed by atoms with van der Waals surface area (Å²) in [6.45, 7) is 1.89. The third kappa shape index (κ3) is 3.88. The molecule has 17 heavy (non-hydrogen) atoms. The molecule has 0 amide bonds. The van der Waals surface area contributed by atoms with Crippen LogP contribution in [0.1, 0.15) is 17.3 Å². The van der Waals surface area contributed by atoms with Gasteiger partial charge in [0, 0.05) is 5.02 Å². The van der Waals surface area contributed by atoms with Gasteiger partial charge in [-0.15, -0.1) is 0 Å². The summed E-state index contributed by atoms with van der Waals surface area (Å²) in [5.41, 5.74) is 0.0769. The molecule has 0 bridgehead atoms. The van der Waals surface area contributed by atoms with Gasteiger partial charge in [-0.2, -0.15) is 0 Å². The van der Waals surface area contributed by atoms with Crippen molar-refractivity contribution in [3.05, 3.63) is 28.8 Å². The number of carboxylic acids is 1. The summed E-state index contributed by atoms with van der Waals surface area (Å²) in [5.74, 6) is -1.78. The van der Waals surface area contributed by atoms with E-state index in [9.17, 15) is 9.59 Å². The van der Waals surface area contributed by atoms with Crippen molar-refractivity contribution >= 4 is 35.4 Å². The maximum Gasteiger partial charge on any atom is 0.349 e. The summed E-state index contributed by atoms with van der Waals surface area (Å²) < 4.78 is 4.63. The van der Waals surface area contributed by atoms with Crippen LogP contribution in [-0.2, 0) is 9.53 Å². The highest BCUT2D eigenvalue weighted by atomic mass is 35.5. The lowest BCUT2D eigenvalue weighted by molar-refractivity contribution is -0.134. The second-order valence-electron chi connectivity index (χ2n) is 2.98. The number of carbonyl (C=O) groups excluding carboxylic acids is 1. The van der Waals surface area contributed by atoms with Crippen LogP contribution in [0.25, 0.3) is 0 Å². The summed E-state index contributed by atoms with van der Waals surface area (Å²) >= 11 is 5.71. The second kappa shape index (κ2) is 6.00. The third-order valence-electron chi connectivity index (χ3n) is 1.79. The van der Waals surface area contributed by atoms with E-state index in [1.165, 1.54) is 18.2 Å². The Morgan fingerprint density at radius 3 is 2.82 bits per heavy atom. The van der Waals surface area contributed by atoms with Crippen LogP contribution in [-0.4, -0.2) is 29.9 Å². The number of ether oxygens (including phenoxy) is 1. The van der Waals surface area contributed by atoms with Gasteiger partial charge in [0.05, 0.1) is 17.9 Å². The Morgan fingerprint density at radius 1 is 1.53 bits per heavy atom. The Hall–Kier alpha value is -1.88. The summed E-state index contributed by atoms with van der Waals surface area (Å²) in [6, 6.07) is 4.12. The summed E-state index contributed by atoms with van der Waals surface area (Å²) in [4.78, 5) is 25.6. The van der Waals surface area contributed by atoms with Crippen molar-refractivity contribution in [2.75, 3.05) is 6.61 Å². The molecule has 6 heteroatoms. The van der Waals surface area contributed by atoms with Gasteiger partial charge in [-0.3, -0.25) is 0 Å². The number of hydrogen-bond donors (Lipinski definition) is 1. The molecule has 0 aliphatic carbocycles. The van der Waals surface area contributed by atoms with Crippen LogP contribution in [0.2, 0.25) is 5.02 Å². The van der Waals surface area contributed by atoms with E-state index in [1.807, 2.05) is 0 Å². The summed E-state index contributed by atoms with van der Waals surface area (Å²) in [5, 5.41) is 9.23. The maximum atomic E-state index is 11.0. The molecule has 0 unspecified atom stereocenters. The molecule has 0 saturated heterocycles. The summed E-state index contributed by atoms with van der Waals surface area (Å²) in [6.07, 6.45) is 0.918. The normalized spacial score (nSPS) is 10.5. The number of esters is 1. The Kier molecular flexibility index (Phi) is 4.66. The lowest BCUT2D eigenvalue weighted by Crippen LogP contribution is -2.05. The first-order valence-electron chi connectivity index (χ1n) is 4.78. The number of nitrogens with zero attached hydrogens (tertiary/aromatic N) is 1. The molecule has 1 rings (SSSR count). The van der Waals surface area contributed by atoms with E-state index >= 15 is 0 Å². The van der Waals surface area contributed by atoms with Crippen molar-refractivity contribution in [3.63, 3.8) is 0 Å². The van der Waals surface area contributed by atoms with E-state index in [-0.39, 0.29) is 17.9 Å². The average Bonchev–Trinajstić information content (AvgIpc) is 2.26. The van der Waals surface area contributed by atoms with E-state index in [0.29, 0.717) is 5.02 Å². The Balaban J connectivity index is 3.00. The van der Waals surface area contributed by atoms with Crippen LogP contribution < -0.4 is 0 Å².